The summed E-state index contributed by atoms with van der Waals surface area (Å²) in [5.74, 6) is -0.0940. The van der Waals surface area contributed by atoms with Crippen LogP contribution in [0, 0.1) is 5.92 Å². The number of hydrogen-bond acceptors (Lipinski definition) is 3. The zero-order valence-corrected chi connectivity index (χ0v) is 30.5. The van der Waals surface area contributed by atoms with Gasteiger partial charge < -0.3 is 37.4 Å². The number of hydrogen-bond donors (Lipinski definition) is 3. The molecule has 3 N–H and O–H groups in total. The van der Waals surface area contributed by atoms with E-state index in [0.29, 0.717) is 12.5 Å². The first-order valence-corrected chi connectivity index (χ1v) is 17.6. The Bertz CT molecular complexity index is 1290. The number of carbonyl (C=O) groups is 3. The molecule has 3 aromatic rings. The smallest absolute Gasteiger partial charge is 0.239 e. The summed E-state index contributed by atoms with van der Waals surface area (Å²) >= 11 is 0. The summed E-state index contributed by atoms with van der Waals surface area (Å²) in [6.45, 7) is 6.60. The van der Waals surface area contributed by atoms with Gasteiger partial charge >= 0.3 is 0 Å². The summed E-state index contributed by atoms with van der Waals surface area (Å²) in [5, 5.41) is 8.73. The number of amides is 3. The highest BCUT2D eigenvalue weighted by Gasteiger charge is 2.38. The number of benzene rings is 3. The van der Waals surface area contributed by atoms with Crippen LogP contribution in [0.2, 0.25) is 0 Å². The molecule has 7 nitrogen and oxygen atoms in total. The van der Waals surface area contributed by atoms with E-state index in [2.05, 4.69) is 29.9 Å². The van der Waals surface area contributed by atoms with Crippen LogP contribution in [-0.4, -0.2) is 68.5 Å². The monoisotopic (exact) mass is 718 g/mol. The SMILES string of the molecule is CCCCCCC[N+]1(C)CCC[C@H](CNC(=O)CCNC(=O)CNC(=O)CC(c2ccccc2)(c2ccccc2)c2ccccc2)C1.[Br-]. The fraction of sp³-hybridized carbons (Fsp3) is 0.475. The van der Waals surface area contributed by atoms with E-state index in [9.17, 15) is 14.4 Å². The maximum atomic E-state index is 13.5. The Morgan fingerprint density at radius 1 is 0.729 bits per heavy atom. The molecule has 1 saturated heterocycles. The predicted octanol–water partition coefficient (Wildman–Crippen LogP) is 2.98. The van der Waals surface area contributed by atoms with Crippen molar-refractivity contribution in [1.82, 2.24) is 16.0 Å². The zero-order valence-electron chi connectivity index (χ0n) is 28.9. The molecule has 0 bridgehead atoms. The van der Waals surface area contributed by atoms with Crippen LogP contribution in [0.3, 0.4) is 0 Å². The molecule has 1 aliphatic heterocycles. The summed E-state index contributed by atoms with van der Waals surface area (Å²) in [4.78, 5) is 38.7. The summed E-state index contributed by atoms with van der Waals surface area (Å²) in [6.07, 6.45) is 9.24. The van der Waals surface area contributed by atoms with E-state index in [1.165, 1.54) is 51.6 Å². The minimum Gasteiger partial charge on any atom is -1.00 e. The molecule has 0 aromatic heterocycles. The van der Waals surface area contributed by atoms with Gasteiger partial charge in [0.1, 0.15) is 0 Å². The number of carbonyl (C=O) groups excluding carboxylic acids is 3. The molecule has 1 heterocycles. The van der Waals surface area contributed by atoms with E-state index in [0.717, 1.165) is 34.1 Å². The van der Waals surface area contributed by atoms with Crippen LogP contribution in [0.15, 0.2) is 91.0 Å². The van der Waals surface area contributed by atoms with Crippen molar-refractivity contribution in [2.24, 2.45) is 5.92 Å². The summed E-state index contributed by atoms with van der Waals surface area (Å²) in [5.41, 5.74) is 2.28. The lowest BCUT2D eigenvalue weighted by Gasteiger charge is -2.41. The van der Waals surface area contributed by atoms with Gasteiger partial charge in [-0.15, -0.1) is 0 Å². The molecule has 1 unspecified atom stereocenters. The number of nitrogens with zero attached hydrogens (tertiary/aromatic N) is 1. The minimum atomic E-state index is -0.730. The van der Waals surface area contributed by atoms with Crippen LogP contribution in [0.4, 0.5) is 0 Å². The second-order valence-electron chi connectivity index (χ2n) is 13.5. The molecule has 4 rings (SSSR count). The Balaban J connectivity index is 0.00000625. The Kier molecular flexibility index (Phi) is 16.3. The highest BCUT2D eigenvalue weighted by Crippen LogP contribution is 2.42. The van der Waals surface area contributed by atoms with Crippen molar-refractivity contribution in [2.45, 2.75) is 70.1 Å². The van der Waals surface area contributed by atoms with E-state index in [1.54, 1.807) is 0 Å². The number of nitrogens with one attached hydrogen (secondary N) is 3. The minimum absolute atomic E-state index is 0. The third kappa shape index (κ3) is 11.6. The first-order valence-electron chi connectivity index (χ1n) is 17.6. The van der Waals surface area contributed by atoms with Crippen LogP contribution in [0.1, 0.15) is 81.4 Å². The van der Waals surface area contributed by atoms with Crippen LogP contribution < -0.4 is 32.9 Å². The van der Waals surface area contributed by atoms with Gasteiger partial charge in [-0.1, -0.05) is 117 Å². The van der Waals surface area contributed by atoms with Crippen LogP contribution in [0.5, 0.6) is 0 Å². The van der Waals surface area contributed by atoms with E-state index < -0.39 is 5.41 Å². The van der Waals surface area contributed by atoms with E-state index >= 15 is 0 Å². The molecular formula is C40H55BrN4O3. The van der Waals surface area contributed by atoms with E-state index in [-0.39, 0.29) is 60.6 Å². The molecule has 3 amide bonds. The number of quaternary nitrogens is 1. The summed E-state index contributed by atoms with van der Waals surface area (Å²) in [6, 6.07) is 30.1. The zero-order chi connectivity index (χ0) is 33.4. The van der Waals surface area contributed by atoms with Gasteiger partial charge in [0.15, 0.2) is 0 Å². The Labute approximate surface area is 298 Å². The topological polar surface area (TPSA) is 87.3 Å². The number of piperidine rings is 1. The lowest BCUT2D eigenvalue weighted by atomic mass is 9.67. The lowest BCUT2D eigenvalue weighted by Crippen LogP contribution is -3.00. The molecule has 1 fully saturated rings. The second-order valence-corrected chi connectivity index (χ2v) is 13.5. The Morgan fingerprint density at radius 2 is 1.29 bits per heavy atom. The third-order valence-electron chi connectivity index (χ3n) is 9.74. The highest BCUT2D eigenvalue weighted by atomic mass is 79.9. The molecule has 0 radical (unpaired) electrons. The van der Waals surface area contributed by atoms with Crippen molar-refractivity contribution in [3.63, 3.8) is 0 Å². The van der Waals surface area contributed by atoms with E-state index in [4.69, 9.17) is 0 Å². The number of unbranched alkanes of at least 4 members (excludes halogenated alkanes) is 4. The van der Waals surface area contributed by atoms with Gasteiger partial charge in [-0.05, 0) is 42.4 Å². The first kappa shape index (κ1) is 39.0. The number of rotatable bonds is 18. The number of likely N-dealkylation sites (tertiary alicyclic amines) is 1. The molecule has 0 aliphatic carbocycles. The fourth-order valence-corrected chi connectivity index (χ4v) is 7.22. The van der Waals surface area contributed by atoms with Gasteiger partial charge in [0.2, 0.25) is 17.7 Å². The normalized spacial score (nSPS) is 17.5. The molecular weight excluding hydrogens is 664 g/mol. The van der Waals surface area contributed by atoms with Crippen LogP contribution >= 0.6 is 0 Å². The first-order chi connectivity index (χ1) is 22.8. The molecule has 260 valence electrons. The van der Waals surface area contributed by atoms with Crippen LogP contribution in [-0.2, 0) is 19.8 Å². The third-order valence-corrected chi connectivity index (χ3v) is 9.74. The maximum Gasteiger partial charge on any atom is 0.239 e. The standard InChI is InChI=1S/C40H54N4O3.BrH/c1-3-4-5-6-16-27-44(2)28-17-18-33(32-44)30-42-37(45)25-26-41-39(47)31-43-38(46)29-40(34-19-10-7-11-20-34,35-21-12-8-13-22-35)36-23-14-9-15-24-36;/h7-15,19-24,33H,3-6,16-18,25-32H2,1-2H3,(H2-,41,42,43,45,46,47);1H/t33-,44?;/m1./s1. The highest BCUT2D eigenvalue weighted by molar-refractivity contribution is 5.86. The Morgan fingerprint density at radius 3 is 1.85 bits per heavy atom. The van der Waals surface area contributed by atoms with Gasteiger partial charge in [0, 0.05) is 31.8 Å². The molecule has 3 aromatic carbocycles. The van der Waals surface area contributed by atoms with Crippen molar-refractivity contribution in [3.8, 4) is 0 Å². The molecule has 0 saturated carbocycles. The van der Waals surface area contributed by atoms with E-state index in [1.807, 2.05) is 91.0 Å². The van der Waals surface area contributed by atoms with Crippen molar-refractivity contribution in [3.05, 3.63) is 108 Å². The molecule has 0 spiro atoms. The van der Waals surface area contributed by atoms with Gasteiger partial charge in [0.05, 0.1) is 38.6 Å². The second kappa shape index (κ2) is 20.1. The van der Waals surface area contributed by atoms with Gasteiger partial charge in [-0.2, -0.15) is 0 Å². The van der Waals surface area contributed by atoms with Crippen molar-refractivity contribution < 1.29 is 35.8 Å². The van der Waals surface area contributed by atoms with Gasteiger partial charge in [-0.25, -0.2) is 0 Å². The molecule has 2 atom stereocenters. The van der Waals surface area contributed by atoms with Crippen molar-refractivity contribution >= 4 is 17.7 Å². The molecule has 48 heavy (non-hydrogen) atoms. The van der Waals surface area contributed by atoms with Gasteiger partial charge in [-0.3, -0.25) is 14.4 Å². The predicted molar refractivity (Wildman–Crippen MR) is 190 cm³/mol. The average molecular weight is 720 g/mol. The lowest BCUT2D eigenvalue weighted by molar-refractivity contribution is -0.917. The summed E-state index contributed by atoms with van der Waals surface area (Å²) in [7, 11) is 2.37. The number of halogens is 1. The largest absolute Gasteiger partial charge is 1.00 e. The van der Waals surface area contributed by atoms with Crippen molar-refractivity contribution in [1.29, 1.82) is 0 Å². The van der Waals surface area contributed by atoms with Crippen molar-refractivity contribution in [2.75, 3.05) is 46.3 Å². The molecule has 8 heteroatoms. The average Bonchev–Trinajstić information content (AvgIpc) is 3.10. The quantitative estimate of drug-likeness (QED) is 0.108. The Hall–Kier alpha value is -3.49. The maximum absolute atomic E-state index is 13.5. The fourth-order valence-electron chi connectivity index (χ4n) is 7.22. The van der Waals surface area contributed by atoms with Gasteiger partial charge in [0.25, 0.3) is 0 Å². The molecule has 1 aliphatic rings. The summed E-state index contributed by atoms with van der Waals surface area (Å²) < 4.78 is 1.11. The van der Waals surface area contributed by atoms with Crippen LogP contribution in [0.25, 0.3) is 0 Å².